The molecule has 0 atom stereocenters. The molecule has 5 nitrogen and oxygen atoms in total. The van der Waals surface area contributed by atoms with Crippen molar-refractivity contribution < 1.29 is 14.7 Å². The van der Waals surface area contributed by atoms with Crippen molar-refractivity contribution in [1.29, 1.82) is 0 Å². The first kappa shape index (κ1) is 18.4. The molecule has 0 aromatic heterocycles. The minimum atomic E-state index is -0.855. The zero-order chi connectivity index (χ0) is 14.3. The second-order valence-corrected chi connectivity index (χ2v) is 4.65. The smallest absolute Gasteiger partial charge is 0.304 e. The minimum absolute atomic E-state index is 0. The molecule has 20 heavy (non-hydrogen) atoms. The summed E-state index contributed by atoms with van der Waals surface area (Å²) in [6.45, 7) is 3.07. The van der Waals surface area contributed by atoms with E-state index in [9.17, 15) is 9.59 Å². The molecule has 0 saturated heterocycles. The molecule has 0 spiro atoms. The molecule has 0 radical (unpaired) electrons. The molecule has 1 rings (SSSR count). The highest BCUT2D eigenvalue weighted by molar-refractivity contribution is 5.85. The number of aryl methyl sites for hydroxylation is 1. The van der Waals surface area contributed by atoms with Gasteiger partial charge < -0.3 is 10.4 Å². The van der Waals surface area contributed by atoms with Crippen molar-refractivity contribution in [1.82, 2.24) is 10.2 Å². The Balaban J connectivity index is 0.00000361. The van der Waals surface area contributed by atoms with Crippen LogP contribution < -0.4 is 5.32 Å². The third-order valence-electron chi connectivity index (χ3n) is 2.69. The number of carboxylic acid groups (broad SMARTS) is 1. The average molecular weight is 301 g/mol. The molecule has 0 aliphatic rings. The number of nitrogens with zero attached hydrogens (tertiary/aromatic N) is 1. The van der Waals surface area contributed by atoms with E-state index in [1.54, 1.807) is 11.9 Å². The predicted octanol–water partition coefficient (Wildman–Crippen LogP) is 1.44. The molecule has 0 bridgehead atoms. The first-order chi connectivity index (χ1) is 8.97. The molecule has 1 aromatic carbocycles. The van der Waals surface area contributed by atoms with Gasteiger partial charge in [0.1, 0.15) is 0 Å². The van der Waals surface area contributed by atoms with Crippen LogP contribution >= 0.6 is 12.4 Å². The molecule has 1 aromatic rings. The Labute approximate surface area is 125 Å². The van der Waals surface area contributed by atoms with Crippen molar-refractivity contribution in [3.63, 3.8) is 0 Å². The van der Waals surface area contributed by atoms with Crippen LogP contribution in [0.2, 0.25) is 0 Å². The Kier molecular flexibility index (Phi) is 8.59. The third kappa shape index (κ3) is 7.76. The van der Waals surface area contributed by atoms with Crippen LogP contribution in [-0.4, -0.2) is 42.0 Å². The number of aliphatic carboxylic acids is 1. The van der Waals surface area contributed by atoms with Crippen molar-refractivity contribution in [3.05, 3.63) is 35.4 Å². The number of amides is 1. The minimum Gasteiger partial charge on any atom is -0.481 e. The van der Waals surface area contributed by atoms with E-state index >= 15 is 0 Å². The van der Waals surface area contributed by atoms with Crippen molar-refractivity contribution in [2.24, 2.45) is 0 Å². The maximum atomic E-state index is 11.7. The van der Waals surface area contributed by atoms with Gasteiger partial charge in [0.15, 0.2) is 0 Å². The first-order valence-electron chi connectivity index (χ1n) is 6.20. The highest BCUT2D eigenvalue weighted by Crippen LogP contribution is 2.03. The average Bonchev–Trinajstić information content (AvgIpc) is 2.34. The number of nitrogens with one attached hydrogen (secondary N) is 1. The maximum absolute atomic E-state index is 11.7. The lowest BCUT2D eigenvalue weighted by molar-refractivity contribution is -0.137. The number of hydrogen-bond acceptors (Lipinski definition) is 3. The van der Waals surface area contributed by atoms with Crippen LogP contribution in [0.1, 0.15) is 17.5 Å². The number of carbonyl (C=O) groups is 2. The Hall–Kier alpha value is -1.59. The number of benzene rings is 1. The van der Waals surface area contributed by atoms with E-state index < -0.39 is 5.97 Å². The van der Waals surface area contributed by atoms with Crippen molar-refractivity contribution >= 4 is 24.3 Å². The van der Waals surface area contributed by atoms with Crippen LogP contribution in [0.3, 0.4) is 0 Å². The first-order valence-corrected chi connectivity index (χ1v) is 6.20. The van der Waals surface area contributed by atoms with Crippen LogP contribution in [-0.2, 0) is 16.1 Å². The number of hydrogen-bond donors (Lipinski definition) is 2. The zero-order valence-electron chi connectivity index (χ0n) is 11.8. The summed E-state index contributed by atoms with van der Waals surface area (Å²) in [4.78, 5) is 23.8. The van der Waals surface area contributed by atoms with E-state index in [2.05, 4.69) is 5.32 Å². The van der Waals surface area contributed by atoms with E-state index in [1.165, 1.54) is 0 Å². The summed E-state index contributed by atoms with van der Waals surface area (Å²) in [6.07, 6.45) is 0.0433. The molecule has 1 amide bonds. The van der Waals surface area contributed by atoms with Gasteiger partial charge in [0.25, 0.3) is 0 Å². The molecule has 0 fully saturated rings. The van der Waals surface area contributed by atoms with Gasteiger partial charge in [-0.2, -0.15) is 0 Å². The summed E-state index contributed by atoms with van der Waals surface area (Å²) < 4.78 is 0. The van der Waals surface area contributed by atoms with Crippen molar-refractivity contribution in [2.75, 3.05) is 20.1 Å². The second-order valence-electron chi connectivity index (χ2n) is 4.65. The van der Waals surface area contributed by atoms with E-state index in [4.69, 9.17) is 5.11 Å². The van der Waals surface area contributed by atoms with Gasteiger partial charge in [-0.05, 0) is 19.5 Å². The van der Waals surface area contributed by atoms with Crippen LogP contribution in [0.4, 0.5) is 0 Å². The van der Waals surface area contributed by atoms with Crippen LogP contribution in [0.15, 0.2) is 24.3 Å². The molecule has 0 aliphatic carbocycles. The summed E-state index contributed by atoms with van der Waals surface area (Å²) in [5, 5.41) is 11.4. The fourth-order valence-corrected chi connectivity index (χ4v) is 1.69. The molecular weight excluding hydrogens is 280 g/mol. The standard InChI is InChI=1S/C14H20N2O3.ClH/c1-11-4-3-5-12(8-11)9-15-13(17)10-16(2)7-6-14(18)19;/h3-5,8H,6-7,9-10H2,1-2H3,(H,15,17)(H,18,19);1H. The fourth-order valence-electron chi connectivity index (χ4n) is 1.69. The highest BCUT2D eigenvalue weighted by atomic mass is 35.5. The molecule has 0 unspecified atom stereocenters. The topological polar surface area (TPSA) is 69.6 Å². The normalized spacial score (nSPS) is 9.95. The Morgan fingerprint density at radius 3 is 2.65 bits per heavy atom. The van der Waals surface area contributed by atoms with Crippen LogP contribution in [0.5, 0.6) is 0 Å². The van der Waals surface area contributed by atoms with E-state index in [1.807, 2.05) is 31.2 Å². The Morgan fingerprint density at radius 1 is 1.35 bits per heavy atom. The number of rotatable bonds is 7. The lowest BCUT2D eigenvalue weighted by atomic mass is 10.1. The van der Waals surface area contributed by atoms with Gasteiger partial charge in [-0.15, -0.1) is 12.4 Å². The fraction of sp³-hybridized carbons (Fsp3) is 0.429. The van der Waals surface area contributed by atoms with Crippen molar-refractivity contribution in [2.45, 2.75) is 19.9 Å². The third-order valence-corrected chi connectivity index (χ3v) is 2.69. The monoisotopic (exact) mass is 300 g/mol. The lowest BCUT2D eigenvalue weighted by Crippen LogP contribution is -2.35. The number of halogens is 1. The number of carboxylic acids is 1. The molecule has 0 heterocycles. The SMILES string of the molecule is Cc1cccc(CNC(=O)CN(C)CCC(=O)O)c1.Cl. The van der Waals surface area contributed by atoms with Gasteiger partial charge in [-0.25, -0.2) is 0 Å². The predicted molar refractivity (Wildman–Crippen MR) is 80.0 cm³/mol. The number of likely N-dealkylation sites (N-methyl/N-ethyl adjacent to an activating group) is 1. The summed E-state index contributed by atoms with van der Waals surface area (Å²) in [5.41, 5.74) is 2.21. The summed E-state index contributed by atoms with van der Waals surface area (Å²) in [5.74, 6) is -0.957. The molecule has 6 heteroatoms. The maximum Gasteiger partial charge on any atom is 0.304 e. The molecule has 0 aliphatic heterocycles. The highest BCUT2D eigenvalue weighted by Gasteiger charge is 2.07. The summed E-state index contributed by atoms with van der Waals surface area (Å²) in [7, 11) is 1.73. The second kappa shape index (κ2) is 9.34. The molecule has 2 N–H and O–H groups in total. The van der Waals surface area contributed by atoms with Crippen molar-refractivity contribution in [3.8, 4) is 0 Å². The molecule has 112 valence electrons. The van der Waals surface area contributed by atoms with Gasteiger partial charge in [0, 0.05) is 13.1 Å². The van der Waals surface area contributed by atoms with Crippen LogP contribution in [0.25, 0.3) is 0 Å². The molecule has 0 saturated carbocycles. The van der Waals surface area contributed by atoms with E-state index in [-0.39, 0.29) is 31.3 Å². The summed E-state index contributed by atoms with van der Waals surface area (Å²) >= 11 is 0. The Bertz CT molecular complexity index is 452. The summed E-state index contributed by atoms with van der Waals surface area (Å²) in [6, 6.07) is 7.94. The lowest BCUT2D eigenvalue weighted by Gasteiger charge is -2.15. The van der Waals surface area contributed by atoms with Gasteiger partial charge in [-0.1, -0.05) is 29.8 Å². The van der Waals surface area contributed by atoms with Gasteiger partial charge in [0.05, 0.1) is 13.0 Å². The van der Waals surface area contributed by atoms with Crippen LogP contribution in [0, 0.1) is 6.92 Å². The van der Waals surface area contributed by atoms with Gasteiger partial charge >= 0.3 is 5.97 Å². The quantitative estimate of drug-likeness (QED) is 0.799. The van der Waals surface area contributed by atoms with Gasteiger partial charge in [-0.3, -0.25) is 14.5 Å². The Morgan fingerprint density at radius 2 is 2.05 bits per heavy atom. The zero-order valence-corrected chi connectivity index (χ0v) is 12.6. The molecular formula is C14H21ClN2O3. The largest absolute Gasteiger partial charge is 0.481 e. The van der Waals surface area contributed by atoms with Gasteiger partial charge in [0.2, 0.25) is 5.91 Å². The number of carbonyl (C=O) groups excluding carboxylic acids is 1. The van der Waals surface area contributed by atoms with E-state index in [0.717, 1.165) is 11.1 Å². The van der Waals surface area contributed by atoms with E-state index in [0.29, 0.717) is 13.1 Å².